The number of carbonyl (C=O) groups excluding carboxylic acids is 1. The summed E-state index contributed by atoms with van der Waals surface area (Å²) in [4.78, 5) is 13.7. The molecule has 0 aromatic heterocycles. The summed E-state index contributed by atoms with van der Waals surface area (Å²) in [6, 6.07) is 47.6. The highest BCUT2D eigenvalue weighted by atomic mass is 16.8. The van der Waals surface area contributed by atoms with Crippen LogP contribution in [0.5, 0.6) is 0 Å². The van der Waals surface area contributed by atoms with E-state index in [-0.39, 0.29) is 25.7 Å². The average molecular weight is 803 g/mol. The van der Waals surface area contributed by atoms with Crippen molar-refractivity contribution in [2.75, 3.05) is 13.2 Å². The number of aliphatic hydroxyl groups excluding tert-OH is 1. The maximum absolute atomic E-state index is 13.7. The Labute approximate surface area is 344 Å². The lowest BCUT2D eigenvalue weighted by Crippen LogP contribution is -2.66. The summed E-state index contributed by atoms with van der Waals surface area (Å²) in [5.41, 5.74) is 4.04. The van der Waals surface area contributed by atoms with Gasteiger partial charge < -0.3 is 47.7 Å². The van der Waals surface area contributed by atoms with Crippen molar-refractivity contribution in [1.82, 2.24) is 0 Å². The van der Waals surface area contributed by atoms with E-state index in [1.165, 1.54) is 0 Å². The van der Waals surface area contributed by atoms with Crippen LogP contribution >= 0.6 is 0 Å². The topological polar surface area (TPSA) is 120 Å². The minimum Gasteiger partial charge on any atom is -0.450 e. The van der Waals surface area contributed by atoms with Crippen LogP contribution in [-0.2, 0) is 62.5 Å². The highest BCUT2D eigenvalue weighted by Gasteiger charge is 2.55. The van der Waals surface area contributed by atoms with Crippen LogP contribution in [0.4, 0.5) is 0 Å². The Hall–Kier alpha value is -4.79. The lowest BCUT2D eigenvalue weighted by molar-refractivity contribution is -0.385. The summed E-state index contributed by atoms with van der Waals surface area (Å²) in [5, 5.41) is 12.1. The molecule has 8 rings (SSSR count). The van der Waals surface area contributed by atoms with Crippen molar-refractivity contribution in [3.63, 3.8) is 0 Å². The van der Waals surface area contributed by atoms with E-state index >= 15 is 0 Å². The fraction of sp³-hybridized carbons (Fsp3) is 0.354. The monoisotopic (exact) mass is 802 g/mol. The van der Waals surface area contributed by atoms with E-state index in [4.69, 9.17) is 42.6 Å². The summed E-state index contributed by atoms with van der Waals surface area (Å²) in [6.45, 7) is 3.09. The van der Waals surface area contributed by atoms with Crippen molar-refractivity contribution in [2.24, 2.45) is 5.92 Å². The van der Waals surface area contributed by atoms with Gasteiger partial charge in [-0.25, -0.2) is 4.79 Å². The molecule has 0 radical (unpaired) electrons. The quantitative estimate of drug-likeness (QED) is 0.109. The first-order chi connectivity index (χ1) is 29.0. The van der Waals surface area contributed by atoms with Gasteiger partial charge >= 0.3 is 5.97 Å². The van der Waals surface area contributed by atoms with Crippen molar-refractivity contribution in [1.29, 1.82) is 0 Å². The molecular weight excluding hydrogens is 753 g/mol. The summed E-state index contributed by atoms with van der Waals surface area (Å²) < 4.78 is 58.4. The van der Waals surface area contributed by atoms with Crippen molar-refractivity contribution in [2.45, 2.75) is 88.3 Å². The Bertz CT molecular complexity index is 2010. The Morgan fingerprint density at radius 3 is 1.81 bits per heavy atom. The molecule has 0 bridgehead atoms. The predicted octanol–water partition coefficient (Wildman–Crippen LogP) is 7.18. The lowest BCUT2D eigenvalue weighted by atomic mass is 9.91. The van der Waals surface area contributed by atoms with Gasteiger partial charge in [0.2, 0.25) is 0 Å². The standard InChI is InChI=1S/C48H50O11/c1-32-41(52-28-34-19-9-3-10-20-34)43(38(30-51-27-33-17-7-2-8-18-33)55-46(32)53-29-35-21-11-4-12-22-35)59-48-44(57-45(50)36-23-13-5-14-24-36)40(49)42-39(56-48)31-54-47(58-42)37-25-15-6-16-26-37/h2-26,32,38-44,46-49H,27-31H2,1H3/t32?,38?,39?,40-,41-,42+,43+,44?,46+,47?,48-/m0/s1. The van der Waals surface area contributed by atoms with Crippen molar-refractivity contribution in [3.8, 4) is 0 Å². The second-order valence-corrected chi connectivity index (χ2v) is 15.0. The Kier molecular flexibility index (Phi) is 13.9. The molecule has 0 aliphatic carbocycles. The van der Waals surface area contributed by atoms with E-state index in [0.29, 0.717) is 18.8 Å². The van der Waals surface area contributed by atoms with Gasteiger partial charge in [0.25, 0.3) is 0 Å². The first-order valence-electron chi connectivity index (χ1n) is 20.2. The summed E-state index contributed by atoms with van der Waals surface area (Å²) in [7, 11) is 0. The van der Waals surface area contributed by atoms with Crippen molar-refractivity contribution in [3.05, 3.63) is 179 Å². The number of esters is 1. The molecule has 3 heterocycles. The molecule has 3 aliphatic rings. The van der Waals surface area contributed by atoms with Gasteiger partial charge in [-0.1, -0.05) is 146 Å². The van der Waals surface area contributed by atoms with E-state index in [1.54, 1.807) is 24.3 Å². The van der Waals surface area contributed by atoms with Crippen molar-refractivity contribution < 1.29 is 52.5 Å². The van der Waals surface area contributed by atoms with Crippen molar-refractivity contribution >= 4 is 5.97 Å². The van der Waals surface area contributed by atoms with Crippen LogP contribution in [0.2, 0.25) is 0 Å². The van der Waals surface area contributed by atoms with Crippen LogP contribution < -0.4 is 0 Å². The molecule has 11 atom stereocenters. The van der Waals surface area contributed by atoms with Gasteiger partial charge in [0.05, 0.1) is 44.7 Å². The fourth-order valence-corrected chi connectivity index (χ4v) is 7.66. The molecule has 5 unspecified atom stereocenters. The molecule has 11 heteroatoms. The van der Waals surface area contributed by atoms with Gasteiger partial charge in [-0.2, -0.15) is 0 Å². The summed E-state index contributed by atoms with van der Waals surface area (Å²) >= 11 is 0. The van der Waals surface area contributed by atoms with Gasteiger partial charge in [-0.05, 0) is 28.8 Å². The second kappa shape index (κ2) is 20.0. The molecule has 3 fully saturated rings. The maximum atomic E-state index is 13.7. The number of ether oxygens (including phenoxy) is 9. The van der Waals surface area contributed by atoms with Gasteiger partial charge in [0.15, 0.2) is 25.0 Å². The highest BCUT2D eigenvalue weighted by Crippen LogP contribution is 2.39. The third kappa shape index (κ3) is 10.3. The Balaban J connectivity index is 1.10. The number of hydrogen-bond acceptors (Lipinski definition) is 11. The second-order valence-electron chi connectivity index (χ2n) is 15.0. The third-order valence-corrected chi connectivity index (χ3v) is 10.8. The third-order valence-electron chi connectivity index (χ3n) is 10.8. The van der Waals surface area contributed by atoms with Gasteiger partial charge in [-0.3, -0.25) is 0 Å². The van der Waals surface area contributed by atoms with Crippen LogP contribution in [-0.4, -0.2) is 79.6 Å². The van der Waals surface area contributed by atoms with Crippen LogP contribution in [0.15, 0.2) is 152 Å². The number of aliphatic hydroxyl groups is 1. The Morgan fingerprint density at radius 1 is 0.627 bits per heavy atom. The van der Waals surface area contributed by atoms with Crippen LogP contribution in [0, 0.1) is 5.92 Å². The highest BCUT2D eigenvalue weighted by molar-refractivity contribution is 5.89. The molecule has 0 saturated carbocycles. The largest absolute Gasteiger partial charge is 0.450 e. The predicted molar refractivity (Wildman–Crippen MR) is 215 cm³/mol. The number of carbonyl (C=O) groups is 1. The smallest absolute Gasteiger partial charge is 0.338 e. The summed E-state index contributed by atoms with van der Waals surface area (Å²) in [6.07, 6.45) is -9.34. The molecule has 1 N–H and O–H groups in total. The van der Waals surface area contributed by atoms with Gasteiger partial charge in [-0.15, -0.1) is 0 Å². The van der Waals surface area contributed by atoms with Crippen LogP contribution in [0.1, 0.15) is 45.8 Å². The van der Waals surface area contributed by atoms with E-state index < -0.39 is 67.6 Å². The van der Waals surface area contributed by atoms with Gasteiger partial charge in [0.1, 0.15) is 30.5 Å². The fourth-order valence-electron chi connectivity index (χ4n) is 7.66. The zero-order chi connectivity index (χ0) is 40.4. The zero-order valence-electron chi connectivity index (χ0n) is 32.8. The van der Waals surface area contributed by atoms with Crippen LogP contribution in [0.25, 0.3) is 0 Å². The minimum absolute atomic E-state index is 0.0883. The molecule has 3 aliphatic heterocycles. The minimum atomic E-state index is -1.36. The number of fused-ring (bicyclic) bond motifs is 1. The molecule has 5 aromatic rings. The zero-order valence-corrected chi connectivity index (χ0v) is 32.8. The van der Waals surface area contributed by atoms with Gasteiger partial charge in [0, 0.05) is 11.5 Å². The first kappa shape index (κ1) is 41.0. The molecule has 0 spiro atoms. The summed E-state index contributed by atoms with van der Waals surface area (Å²) in [5.74, 6) is -1.02. The van der Waals surface area contributed by atoms with E-state index in [2.05, 4.69) is 0 Å². The van der Waals surface area contributed by atoms with E-state index in [9.17, 15) is 9.90 Å². The molecule has 5 aromatic carbocycles. The first-order valence-corrected chi connectivity index (χ1v) is 20.2. The molecule has 59 heavy (non-hydrogen) atoms. The Morgan fingerprint density at radius 2 is 1.19 bits per heavy atom. The SMILES string of the molecule is CC1[C@H](OCc2ccccc2)OC(COCc2ccccc2)[C@@H](O[C@@H]2OC3COC(c4ccccc4)O[C@H]3[C@H](O)C2OC(=O)c2ccccc2)[C@H]1OCc1ccccc1. The van der Waals surface area contributed by atoms with E-state index in [0.717, 1.165) is 22.3 Å². The molecular formula is C48H50O11. The molecule has 11 nitrogen and oxygen atoms in total. The number of rotatable bonds is 15. The van der Waals surface area contributed by atoms with Crippen LogP contribution in [0.3, 0.4) is 0 Å². The molecule has 0 amide bonds. The number of hydrogen-bond donors (Lipinski definition) is 1. The number of benzene rings is 5. The molecule has 3 saturated heterocycles. The normalized spacial score (nSPS) is 29.3. The average Bonchev–Trinajstić information content (AvgIpc) is 3.29. The maximum Gasteiger partial charge on any atom is 0.338 e. The van der Waals surface area contributed by atoms with E-state index in [1.807, 2.05) is 134 Å². The molecule has 308 valence electrons. The lowest BCUT2D eigenvalue weighted by Gasteiger charge is -2.50.